The number of likely N-dealkylation sites (tertiary alicyclic amines) is 1. The minimum absolute atomic E-state index is 0.115. The van der Waals surface area contributed by atoms with Gasteiger partial charge in [0.1, 0.15) is 0 Å². The van der Waals surface area contributed by atoms with Gasteiger partial charge in [0.2, 0.25) is 0 Å². The molecule has 5 rings (SSSR count). The Balaban J connectivity index is 1.29. The van der Waals surface area contributed by atoms with Crippen LogP contribution in [0.15, 0.2) is 66.7 Å². The van der Waals surface area contributed by atoms with Crippen LogP contribution in [-0.2, 0) is 13.0 Å². The van der Waals surface area contributed by atoms with E-state index in [4.69, 9.17) is 5.26 Å². The number of nitrogens with zero attached hydrogens (tertiary/aromatic N) is 3. The Kier molecular flexibility index (Phi) is 6.70. The van der Waals surface area contributed by atoms with Crippen LogP contribution in [0.2, 0.25) is 0 Å². The molecule has 0 bridgehead atoms. The van der Waals surface area contributed by atoms with E-state index in [9.17, 15) is 9.59 Å². The Hall–Kier alpha value is -4.15. The van der Waals surface area contributed by atoms with Crippen LogP contribution in [0.4, 0.5) is 16.2 Å². The van der Waals surface area contributed by atoms with Crippen molar-refractivity contribution in [1.82, 2.24) is 9.80 Å². The Morgan fingerprint density at radius 3 is 2.64 bits per heavy atom. The summed E-state index contributed by atoms with van der Waals surface area (Å²) in [6.07, 6.45) is 2.74. The molecular formula is C29H29N5O2. The smallest absolute Gasteiger partial charge is 0.322 e. The molecular weight excluding hydrogens is 450 g/mol. The molecule has 3 aromatic carbocycles. The van der Waals surface area contributed by atoms with Crippen molar-refractivity contribution in [2.24, 2.45) is 0 Å². The number of amides is 3. The van der Waals surface area contributed by atoms with Gasteiger partial charge in [0.25, 0.3) is 5.91 Å². The summed E-state index contributed by atoms with van der Waals surface area (Å²) in [5, 5.41) is 15.1. The first kappa shape index (κ1) is 23.6. The molecule has 2 N–H and O–H groups in total. The van der Waals surface area contributed by atoms with E-state index in [-0.39, 0.29) is 18.0 Å². The zero-order chi connectivity index (χ0) is 25.1. The lowest BCUT2D eigenvalue weighted by molar-refractivity contribution is 0.102. The molecule has 2 aliphatic heterocycles. The number of likely N-dealkylation sites (N-methyl/N-ethyl adjacent to an activating group) is 1. The maximum absolute atomic E-state index is 13.1. The molecule has 0 radical (unpaired) electrons. The topological polar surface area (TPSA) is 88.5 Å². The van der Waals surface area contributed by atoms with Crippen LogP contribution in [0, 0.1) is 11.3 Å². The van der Waals surface area contributed by atoms with Crippen molar-refractivity contribution in [1.29, 1.82) is 5.26 Å². The summed E-state index contributed by atoms with van der Waals surface area (Å²) in [7, 11) is 2.11. The number of hydrogen-bond acceptors (Lipinski definition) is 4. The van der Waals surface area contributed by atoms with E-state index >= 15 is 0 Å². The van der Waals surface area contributed by atoms with Crippen molar-refractivity contribution in [3.8, 4) is 6.07 Å². The van der Waals surface area contributed by atoms with Crippen molar-refractivity contribution in [3.63, 3.8) is 0 Å². The molecule has 0 unspecified atom stereocenters. The lowest BCUT2D eigenvalue weighted by Crippen LogP contribution is -2.34. The number of benzene rings is 3. The second kappa shape index (κ2) is 10.2. The van der Waals surface area contributed by atoms with Gasteiger partial charge in [0, 0.05) is 36.6 Å². The highest BCUT2D eigenvalue weighted by molar-refractivity contribution is 6.04. The highest BCUT2D eigenvalue weighted by Gasteiger charge is 2.30. The molecule has 7 heteroatoms. The van der Waals surface area contributed by atoms with Gasteiger partial charge < -0.3 is 20.4 Å². The third-order valence-electron chi connectivity index (χ3n) is 6.96. The third kappa shape index (κ3) is 5.09. The number of hydrogen-bond donors (Lipinski definition) is 2. The first-order valence-corrected chi connectivity index (χ1v) is 12.3. The van der Waals surface area contributed by atoms with Gasteiger partial charge >= 0.3 is 6.03 Å². The van der Waals surface area contributed by atoms with E-state index < -0.39 is 0 Å². The summed E-state index contributed by atoms with van der Waals surface area (Å²) >= 11 is 0. The van der Waals surface area contributed by atoms with E-state index in [0.717, 1.165) is 43.6 Å². The van der Waals surface area contributed by atoms with Gasteiger partial charge in [-0.25, -0.2) is 4.79 Å². The average Bonchev–Trinajstić information content (AvgIpc) is 3.39. The minimum Gasteiger partial charge on any atom is -0.322 e. The maximum Gasteiger partial charge on any atom is 0.322 e. The minimum atomic E-state index is -0.207. The summed E-state index contributed by atoms with van der Waals surface area (Å²) in [5.41, 5.74) is 5.98. The molecule has 1 saturated heterocycles. The van der Waals surface area contributed by atoms with Crippen LogP contribution in [0.3, 0.4) is 0 Å². The number of anilines is 2. The standard InChI is InChI=1S/C29H29N5O2/c1-33-14-12-21-10-11-26(17-24(21)19-33)31-28(35)23-7-3-6-22(16-23)27-9-4-13-34(27)29(36)32-25-8-2-5-20(15-25)18-30/h2-3,5-8,10-11,15-17,27H,4,9,12-14,19H2,1H3,(H,31,35)(H,32,36)/t27-/m0/s1. The summed E-state index contributed by atoms with van der Waals surface area (Å²) in [4.78, 5) is 30.2. The maximum atomic E-state index is 13.1. The number of carbonyl (C=O) groups excluding carboxylic acids is 2. The number of nitrogens with one attached hydrogen (secondary N) is 2. The third-order valence-corrected chi connectivity index (χ3v) is 6.96. The van der Waals surface area contributed by atoms with E-state index in [2.05, 4.69) is 40.8 Å². The van der Waals surface area contributed by atoms with Gasteiger partial charge in [-0.2, -0.15) is 5.26 Å². The fourth-order valence-corrected chi connectivity index (χ4v) is 5.08. The number of nitriles is 1. The monoisotopic (exact) mass is 479 g/mol. The predicted octanol–water partition coefficient (Wildman–Crippen LogP) is 5.17. The molecule has 0 saturated carbocycles. The highest BCUT2D eigenvalue weighted by atomic mass is 16.2. The molecule has 2 aliphatic rings. The van der Waals surface area contributed by atoms with Crippen LogP contribution < -0.4 is 10.6 Å². The van der Waals surface area contributed by atoms with Gasteiger partial charge in [-0.3, -0.25) is 4.79 Å². The van der Waals surface area contributed by atoms with Crippen molar-refractivity contribution in [2.45, 2.75) is 31.8 Å². The molecule has 3 amide bonds. The largest absolute Gasteiger partial charge is 0.322 e. The summed E-state index contributed by atoms with van der Waals surface area (Å²) in [6, 6.07) is 22.3. The highest BCUT2D eigenvalue weighted by Crippen LogP contribution is 2.33. The molecule has 3 aromatic rings. The summed E-state index contributed by atoms with van der Waals surface area (Å²) in [6.45, 7) is 2.57. The van der Waals surface area contributed by atoms with Crippen LogP contribution in [-0.4, -0.2) is 41.9 Å². The van der Waals surface area contributed by atoms with Crippen molar-refractivity contribution < 1.29 is 9.59 Å². The van der Waals surface area contributed by atoms with E-state index in [1.54, 1.807) is 35.2 Å². The number of fused-ring (bicyclic) bond motifs is 1. The fraction of sp³-hybridized carbons (Fsp3) is 0.276. The van der Waals surface area contributed by atoms with Crippen LogP contribution >= 0.6 is 0 Å². The average molecular weight is 480 g/mol. The molecule has 0 aliphatic carbocycles. The second-order valence-electron chi connectivity index (χ2n) is 9.53. The number of urea groups is 1. The first-order chi connectivity index (χ1) is 17.5. The Bertz CT molecular complexity index is 1350. The predicted molar refractivity (Wildman–Crippen MR) is 140 cm³/mol. The lowest BCUT2D eigenvalue weighted by atomic mass is 9.99. The molecule has 0 aromatic heterocycles. The Morgan fingerprint density at radius 1 is 0.944 bits per heavy atom. The molecule has 36 heavy (non-hydrogen) atoms. The van der Waals surface area contributed by atoms with Crippen LogP contribution in [0.1, 0.15) is 51.5 Å². The van der Waals surface area contributed by atoms with E-state index in [1.807, 2.05) is 24.3 Å². The lowest BCUT2D eigenvalue weighted by Gasteiger charge is -2.26. The van der Waals surface area contributed by atoms with Crippen molar-refractivity contribution >= 4 is 23.3 Å². The van der Waals surface area contributed by atoms with E-state index in [0.29, 0.717) is 23.4 Å². The first-order valence-electron chi connectivity index (χ1n) is 12.3. The summed E-state index contributed by atoms with van der Waals surface area (Å²) < 4.78 is 0. The fourth-order valence-electron chi connectivity index (χ4n) is 5.08. The van der Waals surface area contributed by atoms with Crippen LogP contribution in [0.25, 0.3) is 0 Å². The van der Waals surface area contributed by atoms with Gasteiger partial charge in [-0.15, -0.1) is 0 Å². The Labute approximate surface area is 211 Å². The van der Waals surface area contributed by atoms with Gasteiger partial charge in [-0.05, 0) is 85.5 Å². The number of rotatable bonds is 4. The zero-order valence-corrected chi connectivity index (χ0v) is 20.3. The summed E-state index contributed by atoms with van der Waals surface area (Å²) in [5.74, 6) is -0.164. The van der Waals surface area contributed by atoms with E-state index in [1.165, 1.54) is 11.1 Å². The molecule has 7 nitrogen and oxygen atoms in total. The molecule has 182 valence electrons. The molecule has 2 heterocycles. The van der Waals surface area contributed by atoms with Gasteiger partial charge in [0.05, 0.1) is 17.7 Å². The normalized spacial score (nSPS) is 17.2. The number of carbonyl (C=O) groups is 2. The van der Waals surface area contributed by atoms with Crippen molar-refractivity contribution in [3.05, 3.63) is 94.5 Å². The van der Waals surface area contributed by atoms with Crippen molar-refractivity contribution in [2.75, 3.05) is 30.8 Å². The molecule has 0 spiro atoms. The molecule has 1 atom stereocenters. The SMILES string of the molecule is CN1CCc2ccc(NC(=O)c3cccc([C@@H]4CCCN4C(=O)Nc4cccc(C#N)c4)c3)cc2C1. The van der Waals surface area contributed by atoms with Gasteiger partial charge in [-0.1, -0.05) is 24.3 Å². The zero-order valence-electron chi connectivity index (χ0n) is 20.3. The second-order valence-corrected chi connectivity index (χ2v) is 9.53. The quantitative estimate of drug-likeness (QED) is 0.541. The van der Waals surface area contributed by atoms with Gasteiger partial charge in [0.15, 0.2) is 0 Å². The van der Waals surface area contributed by atoms with Crippen LogP contribution in [0.5, 0.6) is 0 Å². The molecule has 1 fully saturated rings. The Morgan fingerprint density at radius 2 is 1.78 bits per heavy atom.